The Bertz CT molecular complexity index is 774. The summed E-state index contributed by atoms with van der Waals surface area (Å²) in [5.41, 5.74) is 2.72. The molecule has 142 valence electrons. The summed E-state index contributed by atoms with van der Waals surface area (Å²) in [5, 5.41) is 0. The Hall–Kier alpha value is -1.92. The van der Waals surface area contributed by atoms with Crippen LogP contribution in [-0.4, -0.2) is 41.4 Å². The first-order chi connectivity index (χ1) is 13.0. The molecule has 4 nitrogen and oxygen atoms in total. The number of hydrogen-bond acceptors (Lipinski definition) is 5. The van der Waals surface area contributed by atoms with E-state index in [1.807, 2.05) is 66.0 Å². The number of carbonyl (C=O) groups excluding carboxylic acids is 2. The van der Waals surface area contributed by atoms with E-state index < -0.39 is 12.1 Å². The Morgan fingerprint density at radius 3 is 2.33 bits per heavy atom. The van der Waals surface area contributed by atoms with Crippen molar-refractivity contribution in [3.63, 3.8) is 0 Å². The van der Waals surface area contributed by atoms with Gasteiger partial charge >= 0.3 is 5.97 Å². The molecule has 27 heavy (non-hydrogen) atoms. The van der Waals surface area contributed by atoms with Crippen LogP contribution in [0.15, 0.2) is 54.6 Å². The molecule has 6 heteroatoms. The van der Waals surface area contributed by atoms with Crippen molar-refractivity contribution in [1.82, 2.24) is 4.90 Å². The zero-order valence-electron chi connectivity index (χ0n) is 15.5. The average molecular weight is 402 g/mol. The highest BCUT2D eigenvalue weighted by Crippen LogP contribution is 2.45. The maximum atomic E-state index is 12.5. The van der Waals surface area contributed by atoms with Crippen LogP contribution < -0.4 is 0 Å². The molecule has 0 radical (unpaired) electrons. The van der Waals surface area contributed by atoms with Gasteiger partial charge in [0, 0.05) is 25.1 Å². The van der Waals surface area contributed by atoms with Crippen molar-refractivity contribution in [2.24, 2.45) is 0 Å². The van der Waals surface area contributed by atoms with Crippen molar-refractivity contribution in [3.8, 4) is 0 Å². The van der Waals surface area contributed by atoms with E-state index in [-0.39, 0.29) is 5.91 Å². The number of benzene rings is 2. The van der Waals surface area contributed by atoms with Crippen molar-refractivity contribution >= 4 is 35.4 Å². The molecule has 0 unspecified atom stereocenters. The van der Waals surface area contributed by atoms with E-state index in [2.05, 4.69) is 0 Å². The lowest BCUT2D eigenvalue weighted by Gasteiger charge is -2.21. The second kappa shape index (κ2) is 9.33. The van der Waals surface area contributed by atoms with E-state index in [4.69, 9.17) is 4.74 Å². The second-order valence-corrected chi connectivity index (χ2v) is 9.15. The second-order valence-electron chi connectivity index (χ2n) is 6.42. The van der Waals surface area contributed by atoms with Crippen molar-refractivity contribution in [2.45, 2.75) is 24.2 Å². The predicted octanol–water partition coefficient (Wildman–Crippen LogP) is 4.37. The first-order valence-corrected chi connectivity index (χ1v) is 11.0. The van der Waals surface area contributed by atoms with Crippen molar-refractivity contribution in [3.05, 3.63) is 71.3 Å². The van der Waals surface area contributed by atoms with Crippen LogP contribution in [0, 0.1) is 0 Å². The SMILES string of the molecule is C[C@H](OC(=O)c1ccc(C2SCCS2)cc1)C(=O)N(C)Cc1ccccc1. The molecule has 1 aliphatic rings. The fourth-order valence-corrected chi connectivity index (χ4v) is 5.71. The highest BCUT2D eigenvalue weighted by Gasteiger charge is 2.23. The minimum Gasteiger partial charge on any atom is -0.449 e. The van der Waals surface area contributed by atoms with E-state index in [0.29, 0.717) is 16.7 Å². The van der Waals surface area contributed by atoms with Gasteiger partial charge in [-0.15, -0.1) is 23.5 Å². The zero-order chi connectivity index (χ0) is 19.2. The van der Waals surface area contributed by atoms with Crippen molar-refractivity contribution < 1.29 is 14.3 Å². The summed E-state index contributed by atoms with van der Waals surface area (Å²) >= 11 is 3.85. The molecule has 0 spiro atoms. The summed E-state index contributed by atoms with van der Waals surface area (Å²) < 4.78 is 5.83. The molecule has 1 fully saturated rings. The quantitative estimate of drug-likeness (QED) is 0.673. The smallest absolute Gasteiger partial charge is 0.338 e. The number of ether oxygens (including phenoxy) is 1. The minimum absolute atomic E-state index is 0.220. The van der Waals surface area contributed by atoms with Gasteiger partial charge in [-0.05, 0) is 30.2 Å². The lowest BCUT2D eigenvalue weighted by Crippen LogP contribution is -2.37. The maximum Gasteiger partial charge on any atom is 0.338 e. The van der Waals surface area contributed by atoms with Crippen LogP contribution in [0.3, 0.4) is 0 Å². The molecular weight excluding hydrogens is 378 g/mol. The van der Waals surface area contributed by atoms with Gasteiger partial charge in [-0.25, -0.2) is 4.79 Å². The molecule has 1 saturated heterocycles. The molecule has 1 amide bonds. The van der Waals surface area contributed by atoms with Gasteiger partial charge in [-0.1, -0.05) is 42.5 Å². The van der Waals surface area contributed by atoms with E-state index in [1.54, 1.807) is 31.0 Å². The molecule has 0 aromatic heterocycles. The van der Waals surface area contributed by atoms with Crippen molar-refractivity contribution in [1.29, 1.82) is 0 Å². The highest BCUT2D eigenvalue weighted by atomic mass is 32.2. The number of esters is 1. The molecule has 0 saturated carbocycles. The van der Waals surface area contributed by atoms with E-state index in [9.17, 15) is 9.59 Å². The van der Waals surface area contributed by atoms with Crippen LogP contribution in [0.5, 0.6) is 0 Å². The number of carbonyl (C=O) groups is 2. The molecular formula is C21H23NO3S2. The van der Waals surface area contributed by atoms with E-state index in [0.717, 1.165) is 17.1 Å². The Kier molecular flexibility index (Phi) is 6.85. The summed E-state index contributed by atoms with van der Waals surface area (Å²) in [7, 11) is 1.71. The molecule has 1 atom stereocenters. The Balaban J connectivity index is 1.55. The molecule has 1 aliphatic heterocycles. The molecule has 0 bridgehead atoms. The van der Waals surface area contributed by atoms with Crippen LogP contribution in [0.4, 0.5) is 0 Å². The largest absolute Gasteiger partial charge is 0.449 e. The van der Waals surface area contributed by atoms with Crippen LogP contribution in [0.25, 0.3) is 0 Å². The summed E-state index contributed by atoms with van der Waals surface area (Å²) in [6, 6.07) is 17.2. The first kappa shape index (κ1) is 19.8. The van der Waals surface area contributed by atoms with Crippen LogP contribution >= 0.6 is 23.5 Å². The maximum absolute atomic E-state index is 12.5. The molecule has 2 aromatic carbocycles. The van der Waals surface area contributed by atoms with Gasteiger partial charge in [-0.3, -0.25) is 4.79 Å². The number of thioether (sulfide) groups is 2. The number of rotatable bonds is 6. The monoisotopic (exact) mass is 401 g/mol. The minimum atomic E-state index is -0.827. The predicted molar refractivity (Wildman–Crippen MR) is 112 cm³/mol. The van der Waals surface area contributed by atoms with Gasteiger partial charge in [0.2, 0.25) is 0 Å². The number of nitrogens with zero attached hydrogens (tertiary/aromatic N) is 1. The topological polar surface area (TPSA) is 46.6 Å². The molecule has 3 rings (SSSR count). The lowest BCUT2D eigenvalue weighted by molar-refractivity contribution is -0.139. The van der Waals surface area contributed by atoms with Crippen LogP contribution in [-0.2, 0) is 16.1 Å². The Labute approximate surface area is 168 Å². The number of hydrogen-bond donors (Lipinski definition) is 0. The van der Waals surface area contributed by atoms with Gasteiger partial charge in [0.1, 0.15) is 0 Å². The Morgan fingerprint density at radius 2 is 1.70 bits per heavy atom. The average Bonchev–Trinajstić information content (AvgIpc) is 3.23. The molecule has 2 aromatic rings. The fraction of sp³-hybridized carbons (Fsp3) is 0.333. The summed E-state index contributed by atoms with van der Waals surface area (Å²) in [6.45, 7) is 2.09. The van der Waals surface area contributed by atoms with Gasteiger partial charge in [-0.2, -0.15) is 0 Å². The highest BCUT2D eigenvalue weighted by molar-refractivity contribution is 8.19. The fourth-order valence-electron chi connectivity index (χ4n) is 2.85. The summed E-state index contributed by atoms with van der Waals surface area (Å²) in [6.07, 6.45) is -0.827. The third-order valence-corrected chi connectivity index (χ3v) is 7.42. The number of likely N-dealkylation sites (N-methyl/N-ethyl adjacent to an activating group) is 1. The lowest BCUT2D eigenvalue weighted by atomic mass is 10.1. The summed E-state index contributed by atoms with van der Waals surface area (Å²) in [5.74, 6) is 1.63. The molecule has 1 heterocycles. The Morgan fingerprint density at radius 1 is 1.07 bits per heavy atom. The molecule has 0 aliphatic carbocycles. The zero-order valence-corrected chi connectivity index (χ0v) is 17.1. The summed E-state index contributed by atoms with van der Waals surface area (Å²) in [4.78, 5) is 26.4. The van der Waals surface area contributed by atoms with E-state index >= 15 is 0 Å². The molecule has 0 N–H and O–H groups in total. The van der Waals surface area contributed by atoms with Crippen molar-refractivity contribution in [2.75, 3.05) is 18.6 Å². The van der Waals surface area contributed by atoms with Gasteiger partial charge in [0.15, 0.2) is 6.10 Å². The van der Waals surface area contributed by atoms with Crippen LogP contribution in [0.1, 0.15) is 33.0 Å². The normalized spacial score (nSPS) is 15.3. The third-order valence-electron chi connectivity index (χ3n) is 4.31. The van der Waals surface area contributed by atoms with Gasteiger partial charge in [0.05, 0.1) is 10.1 Å². The van der Waals surface area contributed by atoms with E-state index in [1.165, 1.54) is 5.56 Å². The third kappa shape index (κ3) is 5.30. The van der Waals surface area contributed by atoms with Crippen LogP contribution in [0.2, 0.25) is 0 Å². The number of amides is 1. The first-order valence-electron chi connectivity index (χ1n) is 8.87. The van der Waals surface area contributed by atoms with Gasteiger partial charge in [0.25, 0.3) is 5.91 Å². The standard InChI is InChI=1S/C21H23NO3S2/c1-15(19(23)22(2)14-16-6-4-3-5-7-16)25-20(24)17-8-10-18(11-9-17)21-26-12-13-27-21/h3-11,15,21H,12-14H2,1-2H3/t15-/m0/s1. The van der Waals surface area contributed by atoms with Gasteiger partial charge < -0.3 is 9.64 Å².